The predicted molar refractivity (Wildman–Crippen MR) is 160 cm³/mol. The molecule has 0 spiro atoms. The van der Waals surface area contributed by atoms with Crippen molar-refractivity contribution >= 4 is 23.5 Å². The average molecular weight is 582 g/mol. The van der Waals surface area contributed by atoms with Crippen LogP contribution >= 0.6 is 23.5 Å². The lowest BCUT2D eigenvalue weighted by molar-refractivity contribution is 0.358. The Bertz CT molecular complexity index is 452. The topological polar surface area (TPSA) is 57.5 Å². The van der Waals surface area contributed by atoms with Crippen molar-refractivity contribution in [3.63, 3.8) is 0 Å². The summed E-state index contributed by atoms with van der Waals surface area (Å²) in [5.74, 6) is 0. The highest BCUT2D eigenvalue weighted by molar-refractivity contribution is 9.10. The fourth-order valence-corrected chi connectivity index (χ4v) is 7.81. The van der Waals surface area contributed by atoms with Gasteiger partial charge in [0, 0.05) is 4.32 Å². The molecule has 0 rings (SSSR count). The molecule has 0 atom stereocenters. The van der Waals surface area contributed by atoms with Gasteiger partial charge >= 0.3 is 7.60 Å². The van der Waals surface area contributed by atoms with Crippen LogP contribution in [0.1, 0.15) is 181 Å². The largest absolute Gasteiger partial charge is 0.326 e. The fraction of sp³-hybridized carbons (Fsp3) is 1.00. The lowest BCUT2D eigenvalue weighted by Gasteiger charge is -2.28. The van der Waals surface area contributed by atoms with Gasteiger partial charge in [0.2, 0.25) is 0 Å². The van der Waals surface area contributed by atoms with Crippen LogP contribution in [-0.2, 0) is 4.57 Å². The van der Waals surface area contributed by atoms with Gasteiger partial charge in [0.05, 0.1) is 6.16 Å². The summed E-state index contributed by atoms with van der Waals surface area (Å²) in [4.78, 5) is 19.2. The molecule has 0 aromatic carbocycles. The van der Waals surface area contributed by atoms with E-state index in [0.29, 0.717) is 0 Å². The quantitative estimate of drug-likeness (QED) is 0.0549. The highest BCUT2D eigenvalue weighted by atomic mass is 79.9. The Morgan fingerprint density at radius 3 is 0.943 bits per heavy atom. The second kappa shape index (κ2) is 24.9. The summed E-state index contributed by atoms with van der Waals surface area (Å²) in [6.45, 7) is 4.54. The Kier molecular flexibility index (Phi) is 25.4. The van der Waals surface area contributed by atoms with Crippen molar-refractivity contribution in [3.05, 3.63) is 0 Å². The van der Waals surface area contributed by atoms with E-state index in [2.05, 4.69) is 29.8 Å². The van der Waals surface area contributed by atoms with Gasteiger partial charge in [0.15, 0.2) is 0 Å². The second-order valence-electron chi connectivity index (χ2n) is 11.3. The van der Waals surface area contributed by atoms with Crippen LogP contribution < -0.4 is 0 Å². The number of rotatable bonds is 28. The zero-order valence-electron chi connectivity index (χ0n) is 23.7. The number of unbranched alkanes of at least 4 members (excludes halogenated alkanes) is 22. The van der Waals surface area contributed by atoms with Crippen molar-refractivity contribution in [2.75, 3.05) is 6.16 Å². The molecule has 0 saturated heterocycles. The molecular formula is C30H62BrO3P. The van der Waals surface area contributed by atoms with Gasteiger partial charge in [-0.3, -0.25) is 4.57 Å². The Morgan fingerprint density at radius 2 is 0.714 bits per heavy atom. The number of hydrogen-bond acceptors (Lipinski definition) is 1. The third kappa shape index (κ3) is 27.5. The van der Waals surface area contributed by atoms with Crippen molar-refractivity contribution in [3.8, 4) is 0 Å². The minimum absolute atomic E-state index is 0.0178. The summed E-state index contributed by atoms with van der Waals surface area (Å²) in [5.41, 5.74) is 0. The first-order valence-corrected chi connectivity index (χ1v) is 18.2. The molecule has 0 aliphatic rings. The van der Waals surface area contributed by atoms with Crippen molar-refractivity contribution < 1.29 is 14.4 Å². The van der Waals surface area contributed by atoms with Crippen LogP contribution in [0, 0.1) is 0 Å². The van der Waals surface area contributed by atoms with Crippen LogP contribution in [0.5, 0.6) is 0 Å². The molecule has 2 N–H and O–H groups in total. The molecule has 5 heteroatoms. The Balaban J connectivity index is 3.83. The van der Waals surface area contributed by atoms with Gasteiger partial charge in [-0.25, -0.2) is 0 Å². The first kappa shape index (κ1) is 35.6. The molecule has 0 saturated carbocycles. The molecule has 0 fully saturated rings. The molecule has 35 heavy (non-hydrogen) atoms. The van der Waals surface area contributed by atoms with Gasteiger partial charge in [-0.1, -0.05) is 184 Å². The van der Waals surface area contributed by atoms with Crippen LogP contribution in [-0.4, -0.2) is 20.3 Å². The van der Waals surface area contributed by atoms with E-state index in [1.165, 1.54) is 141 Å². The van der Waals surface area contributed by atoms with Gasteiger partial charge in [0.1, 0.15) is 0 Å². The van der Waals surface area contributed by atoms with Gasteiger partial charge in [0.25, 0.3) is 0 Å². The van der Waals surface area contributed by atoms with Crippen LogP contribution in [0.4, 0.5) is 0 Å². The summed E-state index contributed by atoms with van der Waals surface area (Å²) in [6.07, 6.45) is 33.4. The normalized spacial score (nSPS) is 12.5. The van der Waals surface area contributed by atoms with Crippen molar-refractivity contribution in [2.24, 2.45) is 0 Å². The molecule has 0 bridgehead atoms. The second-order valence-corrected chi connectivity index (χ2v) is 14.6. The van der Waals surface area contributed by atoms with Crippen LogP contribution in [0.25, 0.3) is 0 Å². The minimum atomic E-state index is -4.00. The van der Waals surface area contributed by atoms with E-state index < -0.39 is 7.60 Å². The molecule has 0 aliphatic carbocycles. The summed E-state index contributed by atoms with van der Waals surface area (Å²) >= 11 is 3.79. The van der Waals surface area contributed by atoms with E-state index in [1.54, 1.807) is 0 Å². The zero-order valence-corrected chi connectivity index (χ0v) is 26.2. The van der Waals surface area contributed by atoms with E-state index in [-0.39, 0.29) is 10.5 Å². The third-order valence-electron chi connectivity index (χ3n) is 7.45. The molecule has 0 unspecified atom stereocenters. The monoisotopic (exact) mass is 580 g/mol. The van der Waals surface area contributed by atoms with E-state index >= 15 is 0 Å². The number of hydrogen-bond donors (Lipinski definition) is 2. The van der Waals surface area contributed by atoms with E-state index in [9.17, 15) is 14.4 Å². The number of alkyl halides is 1. The minimum Gasteiger partial charge on any atom is -0.324 e. The Labute approximate surface area is 228 Å². The molecule has 0 aliphatic heterocycles. The summed E-state index contributed by atoms with van der Waals surface area (Å²) in [7, 11) is -4.00. The highest BCUT2D eigenvalue weighted by Gasteiger charge is 2.33. The Hall–Kier alpha value is 0.630. The summed E-state index contributed by atoms with van der Waals surface area (Å²) in [6, 6.07) is 0. The van der Waals surface area contributed by atoms with Gasteiger partial charge in [-0.2, -0.15) is 0 Å². The van der Waals surface area contributed by atoms with E-state index in [0.717, 1.165) is 25.7 Å². The molecule has 212 valence electrons. The third-order valence-corrected chi connectivity index (χ3v) is 9.97. The zero-order chi connectivity index (χ0) is 26.1. The van der Waals surface area contributed by atoms with Crippen LogP contribution in [0.15, 0.2) is 0 Å². The molecule has 3 nitrogen and oxygen atoms in total. The standard InChI is InChI=1S/C30H62BrO3P/c1-3-5-7-9-11-13-15-17-19-21-23-25-27-30(31,29-35(32,33)34)28-26-24-22-20-18-16-14-12-10-8-6-4-2/h3-29H2,1-2H3,(H2,32,33,34). The first-order chi connectivity index (χ1) is 16.8. The molecule has 0 aromatic heterocycles. The molecule has 0 amide bonds. The predicted octanol–water partition coefficient (Wildman–Crippen LogP) is 11.5. The van der Waals surface area contributed by atoms with Crippen LogP contribution in [0.2, 0.25) is 0 Å². The SMILES string of the molecule is CCCCCCCCCCCCCCC(Br)(CCCCCCCCCCCCCC)CP(=O)(O)O. The first-order valence-electron chi connectivity index (χ1n) is 15.6. The van der Waals surface area contributed by atoms with E-state index in [4.69, 9.17) is 0 Å². The lowest BCUT2D eigenvalue weighted by atomic mass is 9.95. The molecule has 0 heterocycles. The fourth-order valence-electron chi connectivity index (χ4n) is 5.22. The molecular weight excluding hydrogens is 519 g/mol. The van der Waals surface area contributed by atoms with Crippen molar-refractivity contribution in [2.45, 2.75) is 185 Å². The average Bonchev–Trinajstić information content (AvgIpc) is 2.79. The van der Waals surface area contributed by atoms with Gasteiger partial charge in [-0.15, -0.1) is 0 Å². The Morgan fingerprint density at radius 1 is 0.486 bits per heavy atom. The smallest absolute Gasteiger partial charge is 0.324 e. The van der Waals surface area contributed by atoms with E-state index in [1.807, 2.05) is 0 Å². The summed E-state index contributed by atoms with van der Waals surface area (Å²) in [5, 5.41) is 0. The maximum Gasteiger partial charge on any atom is 0.326 e. The number of halogens is 1. The van der Waals surface area contributed by atoms with Crippen LogP contribution in [0.3, 0.4) is 0 Å². The van der Waals surface area contributed by atoms with Crippen molar-refractivity contribution in [1.82, 2.24) is 0 Å². The summed E-state index contributed by atoms with van der Waals surface area (Å²) < 4.78 is 11.4. The maximum absolute atomic E-state index is 11.7. The highest BCUT2D eigenvalue weighted by Crippen LogP contribution is 2.46. The molecule has 0 radical (unpaired) electrons. The lowest BCUT2D eigenvalue weighted by Crippen LogP contribution is -2.26. The maximum atomic E-state index is 11.7. The molecule has 0 aromatic rings. The van der Waals surface area contributed by atoms with Gasteiger partial charge in [-0.05, 0) is 12.8 Å². The van der Waals surface area contributed by atoms with Gasteiger partial charge < -0.3 is 9.79 Å². The van der Waals surface area contributed by atoms with Crippen molar-refractivity contribution in [1.29, 1.82) is 0 Å².